The third-order valence-corrected chi connectivity index (χ3v) is 8.15. The molecule has 1 N–H and O–H groups in total. The molecule has 2 aromatic carbocycles. The van der Waals surface area contributed by atoms with Gasteiger partial charge in [-0.05, 0) is 98.0 Å². The number of rotatable bonds is 4. The summed E-state index contributed by atoms with van der Waals surface area (Å²) in [5.74, 6) is 2.14. The second kappa shape index (κ2) is 8.43. The number of methoxy groups -OCH3 is 1. The summed E-state index contributed by atoms with van der Waals surface area (Å²) in [5.41, 5.74) is 6.03. The van der Waals surface area contributed by atoms with E-state index in [9.17, 15) is 5.11 Å². The molecular weight excluding hydrogens is 394 g/mol. The van der Waals surface area contributed by atoms with Crippen molar-refractivity contribution in [3.05, 3.63) is 58.7 Å². The van der Waals surface area contributed by atoms with E-state index in [2.05, 4.69) is 42.2 Å². The van der Waals surface area contributed by atoms with Crippen LogP contribution >= 0.6 is 12.4 Å². The first kappa shape index (κ1) is 21.5. The molecule has 4 heteroatoms. The lowest BCUT2D eigenvalue weighted by molar-refractivity contribution is -0.0107. The van der Waals surface area contributed by atoms with E-state index in [1.807, 2.05) is 6.07 Å². The number of aromatic hydroxyl groups is 1. The number of piperidine rings is 1. The van der Waals surface area contributed by atoms with Crippen LogP contribution in [-0.4, -0.2) is 36.2 Å². The summed E-state index contributed by atoms with van der Waals surface area (Å²) in [7, 11) is 1.74. The Bertz CT molecular complexity index is 914. The molecule has 2 bridgehead atoms. The van der Waals surface area contributed by atoms with Crippen LogP contribution in [0.2, 0.25) is 0 Å². The van der Waals surface area contributed by atoms with E-state index in [1.54, 1.807) is 7.11 Å². The molecule has 0 unspecified atom stereocenters. The topological polar surface area (TPSA) is 32.7 Å². The number of fused-ring (bicyclic) bond motifs is 1. The van der Waals surface area contributed by atoms with E-state index in [4.69, 9.17) is 4.74 Å². The summed E-state index contributed by atoms with van der Waals surface area (Å²) < 4.78 is 5.37. The zero-order valence-electron chi connectivity index (χ0n) is 18.2. The van der Waals surface area contributed by atoms with E-state index in [1.165, 1.54) is 60.9 Å². The van der Waals surface area contributed by atoms with Crippen molar-refractivity contribution >= 4 is 12.4 Å². The Kier molecular flexibility index (Phi) is 6.05. The molecule has 1 saturated carbocycles. The average molecular weight is 428 g/mol. The summed E-state index contributed by atoms with van der Waals surface area (Å²) in [4.78, 5) is 2.79. The second-order valence-electron chi connectivity index (χ2n) is 9.45. The lowest BCUT2D eigenvalue weighted by atomic mass is 9.52. The first-order chi connectivity index (χ1) is 14.1. The van der Waals surface area contributed by atoms with Gasteiger partial charge in [-0.2, -0.15) is 0 Å². The monoisotopic (exact) mass is 427 g/mol. The van der Waals surface area contributed by atoms with Gasteiger partial charge in [-0.15, -0.1) is 12.4 Å². The molecule has 2 aliphatic carbocycles. The summed E-state index contributed by atoms with van der Waals surface area (Å²) in [6.07, 6.45) is 8.84. The van der Waals surface area contributed by atoms with Crippen LogP contribution in [0.4, 0.5) is 0 Å². The highest BCUT2D eigenvalue weighted by molar-refractivity contribution is 5.85. The summed E-state index contributed by atoms with van der Waals surface area (Å²) >= 11 is 0. The van der Waals surface area contributed by atoms with Crippen LogP contribution in [0.15, 0.2) is 36.4 Å². The van der Waals surface area contributed by atoms with Gasteiger partial charge >= 0.3 is 0 Å². The minimum atomic E-state index is 0. The Morgan fingerprint density at radius 1 is 1.13 bits per heavy atom. The van der Waals surface area contributed by atoms with Gasteiger partial charge < -0.3 is 9.84 Å². The number of phenols is 1. The molecule has 0 spiro atoms. The second-order valence-corrected chi connectivity index (χ2v) is 9.45. The van der Waals surface area contributed by atoms with Gasteiger partial charge in [0.2, 0.25) is 0 Å². The molecule has 1 heterocycles. The fourth-order valence-electron chi connectivity index (χ4n) is 6.69. The number of hydrogen-bond acceptors (Lipinski definition) is 3. The molecule has 0 amide bonds. The largest absolute Gasteiger partial charge is 0.508 e. The number of halogens is 1. The zero-order valence-corrected chi connectivity index (χ0v) is 19.0. The van der Waals surface area contributed by atoms with Crippen LogP contribution in [0, 0.1) is 12.8 Å². The molecule has 0 aromatic heterocycles. The third-order valence-electron chi connectivity index (χ3n) is 8.15. The first-order valence-electron chi connectivity index (χ1n) is 11.3. The van der Waals surface area contributed by atoms with Gasteiger partial charge in [0.05, 0.1) is 7.11 Å². The highest BCUT2D eigenvalue weighted by Crippen LogP contribution is 2.56. The maximum absolute atomic E-state index is 10.2. The number of likely N-dealkylation sites (tertiary alicyclic amines) is 1. The van der Waals surface area contributed by atoms with Crippen molar-refractivity contribution in [1.82, 2.24) is 4.90 Å². The maximum atomic E-state index is 10.2. The van der Waals surface area contributed by atoms with Crippen LogP contribution in [-0.2, 0) is 18.3 Å². The average Bonchev–Trinajstić information content (AvgIpc) is 2.74. The summed E-state index contributed by atoms with van der Waals surface area (Å²) in [6, 6.07) is 13.3. The summed E-state index contributed by atoms with van der Waals surface area (Å²) in [5, 5.41) is 10.2. The van der Waals surface area contributed by atoms with Crippen molar-refractivity contribution in [3.8, 4) is 11.5 Å². The number of nitrogens with zero attached hydrogens (tertiary/aromatic N) is 1. The highest BCUT2D eigenvalue weighted by Gasteiger charge is 2.53. The van der Waals surface area contributed by atoms with Crippen molar-refractivity contribution in [1.29, 1.82) is 0 Å². The SMILES string of the molecule is COc1ccc(CCN2CC[C@]34CCCC[C@H]3[C@H]2Cc2ccc(O)cc24)c(C)c1.Cl. The molecular formula is C26H34ClNO2. The first-order valence-corrected chi connectivity index (χ1v) is 11.3. The number of ether oxygens (including phenoxy) is 1. The van der Waals surface area contributed by atoms with Crippen molar-refractivity contribution in [2.24, 2.45) is 5.92 Å². The molecule has 30 heavy (non-hydrogen) atoms. The van der Waals surface area contributed by atoms with Gasteiger partial charge in [-0.3, -0.25) is 4.90 Å². The summed E-state index contributed by atoms with van der Waals surface area (Å²) in [6.45, 7) is 4.52. The molecule has 0 radical (unpaired) electrons. The number of aryl methyl sites for hydroxylation is 1. The maximum Gasteiger partial charge on any atom is 0.119 e. The lowest BCUT2D eigenvalue weighted by Gasteiger charge is -2.59. The Hall–Kier alpha value is -1.71. The minimum Gasteiger partial charge on any atom is -0.508 e. The quantitative estimate of drug-likeness (QED) is 0.705. The van der Waals surface area contributed by atoms with E-state index < -0.39 is 0 Å². The van der Waals surface area contributed by atoms with Gasteiger partial charge in [0.15, 0.2) is 0 Å². The zero-order chi connectivity index (χ0) is 20.0. The Morgan fingerprint density at radius 3 is 2.80 bits per heavy atom. The van der Waals surface area contributed by atoms with Crippen molar-refractivity contribution in [2.75, 3.05) is 20.2 Å². The predicted molar refractivity (Wildman–Crippen MR) is 124 cm³/mol. The number of phenolic OH excluding ortho intramolecular Hbond substituents is 1. The van der Waals surface area contributed by atoms with Gasteiger partial charge in [-0.25, -0.2) is 0 Å². The van der Waals surface area contributed by atoms with Gasteiger partial charge in [0.25, 0.3) is 0 Å². The molecule has 162 valence electrons. The van der Waals surface area contributed by atoms with Crippen LogP contribution in [0.25, 0.3) is 0 Å². The van der Waals surface area contributed by atoms with E-state index in [0.29, 0.717) is 17.2 Å². The molecule has 3 atom stereocenters. The van der Waals surface area contributed by atoms with Crippen LogP contribution in [0.1, 0.15) is 54.4 Å². The Labute approximate surface area is 186 Å². The van der Waals surface area contributed by atoms with Crippen molar-refractivity contribution in [3.63, 3.8) is 0 Å². The molecule has 1 saturated heterocycles. The molecule has 1 aliphatic heterocycles. The smallest absolute Gasteiger partial charge is 0.119 e. The van der Waals surface area contributed by atoms with Gasteiger partial charge in [0, 0.05) is 18.0 Å². The van der Waals surface area contributed by atoms with Crippen molar-refractivity contribution < 1.29 is 9.84 Å². The van der Waals surface area contributed by atoms with Gasteiger partial charge in [-0.1, -0.05) is 25.0 Å². The van der Waals surface area contributed by atoms with Crippen LogP contribution in [0.3, 0.4) is 0 Å². The normalized spacial score (nSPS) is 27.5. The minimum absolute atomic E-state index is 0. The fourth-order valence-corrected chi connectivity index (χ4v) is 6.69. The molecule has 3 nitrogen and oxygen atoms in total. The van der Waals surface area contributed by atoms with Crippen LogP contribution in [0.5, 0.6) is 11.5 Å². The Balaban J connectivity index is 0.00000218. The van der Waals surface area contributed by atoms with Gasteiger partial charge in [0.1, 0.15) is 11.5 Å². The molecule has 2 fully saturated rings. The number of hydrogen-bond donors (Lipinski definition) is 1. The third kappa shape index (κ3) is 3.50. The fraction of sp³-hybridized carbons (Fsp3) is 0.538. The Morgan fingerprint density at radius 2 is 2.00 bits per heavy atom. The van der Waals surface area contributed by atoms with E-state index in [-0.39, 0.29) is 12.4 Å². The van der Waals surface area contributed by atoms with E-state index in [0.717, 1.165) is 31.1 Å². The van der Waals surface area contributed by atoms with Crippen molar-refractivity contribution in [2.45, 2.75) is 63.3 Å². The van der Waals surface area contributed by atoms with E-state index >= 15 is 0 Å². The molecule has 3 aliphatic rings. The van der Waals surface area contributed by atoms with Crippen LogP contribution < -0.4 is 4.74 Å². The molecule has 5 rings (SSSR count). The molecule has 2 aromatic rings. The highest BCUT2D eigenvalue weighted by atomic mass is 35.5. The number of benzene rings is 2. The lowest BCUT2D eigenvalue weighted by Crippen LogP contribution is -2.61. The predicted octanol–water partition coefficient (Wildman–Crippen LogP) is 5.43. The standard InChI is InChI=1S/C26H33NO2.ClH/c1-18-15-22(29-2)9-7-19(18)10-13-27-14-12-26-11-4-3-5-23(26)25(27)16-20-6-8-21(28)17-24(20)26;/h6-9,15,17,23,25,28H,3-5,10-14,16H2,1-2H3;1H/t23-,25+,26+;/m0./s1.